The summed E-state index contributed by atoms with van der Waals surface area (Å²) in [6.07, 6.45) is 2.32. The molecule has 0 aliphatic carbocycles. The molecule has 0 saturated carbocycles. The Morgan fingerprint density at radius 3 is 2.85 bits per heavy atom. The number of halogens is 2. The third-order valence-corrected chi connectivity index (χ3v) is 3.48. The molecular weight excluding hydrogens is 277 g/mol. The zero-order valence-electron chi connectivity index (χ0n) is 11.5. The number of nitrogens with zero attached hydrogens (tertiary/aromatic N) is 2. The summed E-state index contributed by atoms with van der Waals surface area (Å²) < 4.78 is 13.5. The van der Waals surface area contributed by atoms with Gasteiger partial charge in [-0.2, -0.15) is 0 Å². The molecule has 0 aliphatic rings. The number of nitrogens with one attached hydrogen (secondary N) is 1. The van der Waals surface area contributed by atoms with Gasteiger partial charge in [0.15, 0.2) is 0 Å². The number of benzene rings is 1. The monoisotopic (exact) mass is 293 g/mol. The number of likely N-dealkylation sites (N-methyl/N-ethyl adjacent to an activating group) is 1. The minimum absolute atomic E-state index is 0.0130. The van der Waals surface area contributed by atoms with Crippen LogP contribution in [0.25, 0.3) is 0 Å². The van der Waals surface area contributed by atoms with E-state index in [9.17, 15) is 4.39 Å². The van der Waals surface area contributed by atoms with Crippen molar-refractivity contribution in [1.29, 1.82) is 0 Å². The summed E-state index contributed by atoms with van der Waals surface area (Å²) in [5.41, 5.74) is 1.66. The molecule has 1 N–H and O–H groups in total. The molecule has 1 aromatic carbocycles. The highest BCUT2D eigenvalue weighted by molar-refractivity contribution is 6.31. The molecule has 106 valence electrons. The van der Waals surface area contributed by atoms with Gasteiger partial charge in [-0.05, 0) is 37.6 Å². The van der Waals surface area contributed by atoms with Gasteiger partial charge in [0.05, 0.1) is 16.8 Å². The smallest absolute Gasteiger partial charge is 0.142 e. The van der Waals surface area contributed by atoms with Crippen LogP contribution < -0.4 is 5.32 Å². The maximum Gasteiger partial charge on any atom is 0.142 e. The summed E-state index contributed by atoms with van der Waals surface area (Å²) in [4.78, 5) is 8.53. The van der Waals surface area contributed by atoms with E-state index in [1.54, 1.807) is 12.3 Å². The van der Waals surface area contributed by atoms with Crippen molar-refractivity contribution in [2.45, 2.75) is 26.3 Å². The van der Waals surface area contributed by atoms with E-state index in [4.69, 9.17) is 11.6 Å². The summed E-state index contributed by atoms with van der Waals surface area (Å²) in [6, 6.07) is 6.73. The molecular formula is C15H17ClFN3. The van der Waals surface area contributed by atoms with Gasteiger partial charge >= 0.3 is 0 Å². The number of hydrogen-bond acceptors (Lipinski definition) is 3. The van der Waals surface area contributed by atoms with E-state index in [1.807, 2.05) is 26.0 Å². The maximum atomic E-state index is 13.5. The normalized spacial score (nSPS) is 12.4. The standard InChI is InChI=1S/C15H17ClFN3/c1-3-18-14(13-7-8-19-10(2)20-13)9-11-5-4-6-12(17)15(11)16/h4-8,14,18H,3,9H2,1-2H3. The predicted molar refractivity (Wildman–Crippen MR) is 78.3 cm³/mol. The third kappa shape index (κ3) is 3.52. The molecule has 1 heterocycles. The number of aromatic nitrogens is 2. The molecule has 20 heavy (non-hydrogen) atoms. The molecule has 0 fully saturated rings. The van der Waals surface area contributed by atoms with Gasteiger partial charge in [-0.1, -0.05) is 30.7 Å². The van der Waals surface area contributed by atoms with Crippen molar-refractivity contribution in [2.24, 2.45) is 0 Å². The molecule has 1 unspecified atom stereocenters. The molecule has 0 aliphatic heterocycles. The molecule has 0 radical (unpaired) electrons. The Labute approximate surface area is 123 Å². The lowest BCUT2D eigenvalue weighted by molar-refractivity contribution is 0.531. The van der Waals surface area contributed by atoms with Crippen molar-refractivity contribution < 1.29 is 4.39 Å². The van der Waals surface area contributed by atoms with Crippen molar-refractivity contribution in [3.05, 3.63) is 58.4 Å². The highest BCUT2D eigenvalue weighted by atomic mass is 35.5. The Bertz CT molecular complexity index is 589. The van der Waals surface area contributed by atoms with Gasteiger partial charge in [-0.3, -0.25) is 0 Å². The lowest BCUT2D eigenvalue weighted by atomic mass is 10.0. The molecule has 0 spiro atoms. The zero-order chi connectivity index (χ0) is 14.5. The summed E-state index contributed by atoms with van der Waals surface area (Å²) in [7, 11) is 0. The molecule has 0 amide bonds. The van der Waals surface area contributed by atoms with Crippen LogP contribution >= 0.6 is 11.6 Å². The number of rotatable bonds is 5. The van der Waals surface area contributed by atoms with Crippen LogP contribution in [-0.4, -0.2) is 16.5 Å². The van der Waals surface area contributed by atoms with Crippen LogP contribution in [0, 0.1) is 12.7 Å². The van der Waals surface area contributed by atoms with Crippen molar-refractivity contribution in [3.63, 3.8) is 0 Å². The predicted octanol–water partition coefficient (Wildman–Crippen LogP) is 3.47. The first kappa shape index (κ1) is 14.9. The first-order valence-corrected chi connectivity index (χ1v) is 6.95. The van der Waals surface area contributed by atoms with Gasteiger partial charge in [0.1, 0.15) is 11.6 Å². The average Bonchev–Trinajstić information content (AvgIpc) is 2.43. The van der Waals surface area contributed by atoms with E-state index >= 15 is 0 Å². The minimum atomic E-state index is -0.390. The first-order valence-electron chi connectivity index (χ1n) is 6.57. The quantitative estimate of drug-likeness (QED) is 0.917. The average molecular weight is 294 g/mol. The molecule has 2 aromatic rings. The number of hydrogen-bond donors (Lipinski definition) is 1. The highest BCUT2D eigenvalue weighted by Crippen LogP contribution is 2.25. The second-order valence-electron chi connectivity index (χ2n) is 4.56. The minimum Gasteiger partial charge on any atom is -0.309 e. The summed E-state index contributed by atoms with van der Waals surface area (Å²) in [5, 5.41) is 3.53. The fourth-order valence-electron chi connectivity index (χ4n) is 2.12. The Balaban J connectivity index is 2.28. The lowest BCUT2D eigenvalue weighted by Gasteiger charge is -2.18. The highest BCUT2D eigenvalue weighted by Gasteiger charge is 2.16. The van der Waals surface area contributed by atoms with Gasteiger partial charge in [0.25, 0.3) is 0 Å². The zero-order valence-corrected chi connectivity index (χ0v) is 12.3. The summed E-state index contributed by atoms with van der Waals surface area (Å²) >= 11 is 6.02. The van der Waals surface area contributed by atoms with E-state index in [0.717, 1.165) is 23.6 Å². The summed E-state index contributed by atoms with van der Waals surface area (Å²) in [5.74, 6) is 0.328. The van der Waals surface area contributed by atoms with E-state index in [0.29, 0.717) is 6.42 Å². The Kier molecular flexibility index (Phi) is 5.04. The third-order valence-electron chi connectivity index (χ3n) is 3.06. The Morgan fingerprint density at radius 1 is 1.35 bits per heavy atom. The van der Waals surface area contributed by atoms with E-state index in [-0.39, 0.29) is 11.1 Å². The van der Waals surface area contributed by atoms with Crippen molar-refractivity contribution in [2.75, 3.05) is 6.54 Å². The lowest BCUT2D eigenvalue weighted by Crippen LogP contribution is -2.24. The van der Waals surface area contributed by atoms with Crippen LogP contribution in [-0.2, 0) is 6.42 Å². The second kappa shape index (κ2) is 6.77. The Morgan fingerprint density at radius 2 is 2.15 bits per heavy atom. The van der Waals surface area contributed by atoms with Crippen LogP contribution in [0.3, 0.4) is 0 Å². The molecule has 5 heteroatoms. The van der Waals surface area contributed by atoms with Gasteiger partial charge in [0, 0.05) is 6.20 Å². The molecule has 1 aromatic heterocycles. The molecule has 3 nitrogen and oxygen atoms in total. The van der Waals surface area contributed by atoms with Crippen LogP contribution in [0.4, 0.5) is 4.39 Å². The maximum absolute atomic E-state index is 13.5. The van der Waals surface area contributed by atoms with Crippen LogP contribution in [0.2, 0.25) is 5.02 Å². The van der Waals surface area contributed by atoms with Gasteiger partial charge in [-0.15, -0.1) is 0 Å². The van der Waals surface area contributed by atoms with Gasteiger partial charge in [-0.25, -0.2) is 14.4 Å². The van der Waals surface area contributed by atoms with E-state index < -0.39 is 5.82 Å². The largest absolute Gasteiger partial charge is 0.309 e. The molecule has 2 rings (SSSR count). The van der Waals surface area contributed by atoms with Crippen molar-refractivity contribution in [3.8, 4) is 0 Å². The summed E-state index contributed by atoms with van der Waals surface area (Å²) in [6.45, 7) is 4.66. The van der Waals surface area contributed by atoms with Gasteiger partial charge < -0.3 is 5.32 Å². The fraction of sp³-hybridized carbons (Fsp3) is 0.333. The topological polar surface area (TPSA) is 37.8 Å². The fourth-order valence-corrected chi connectivity index (χ4v) is 2.33. The second-order valence-corrected chi connectivity index (χ2v) is 4.93. The van der Waals surface area contributed by atoms with Crippen molar-refractivity contribution in [1.82, 2.24) is 15.3 Å². The number of aryl methyl sites for hydroxylation is 1. The molecule has 0 saturated heterocycles. The Hall–Kier alpha value is -1.52. The molecule has 0 bridgehead atoms. The van der Waals surface area contributed by atoms with Crippen molar-refractivity contribution >= 4 is 11.6 Å². The van der Waals surface area contributed by atoms with E-state index in [2.05, 4.69) is 15.3 Å². The van der Waals surface area contributed by atoms with E-state index in [1.165, 1.54) is 6.07 Å². The van der Waals surface area contributed by atoms with Gasteiger partial charge in [0.2, 0.25) is 0 Å². The van der Waals surface area contributed by atoms with Crippen LogP contribution in [0.1, 0.15) is 30.0 Å². The first-order chi connectivity index (χ1) is 9.61. The van der Waals surface area contributed by atoms with Crippen LogP contribution in [0.15, 0.2) is 30.5 Å². The SMILES string of the molecule is CCNC(Cc1cccc(F)c1Cl)c1ccnc(C)n1. The molecule has 1 atom stereocenters. The van der Waals surface area contributed by atoms with Crippen LogP contribution in [0.5, 0.6) is 0 Å².